The zero-order valence-corrected chi connectivity index (χ0v) is 16.9. The van der Waals surface area contributed by atoms with Crippen LogP contribution in [0.4, 0.5) is 11.4 Å². The normalized spacial score (nSPS) is 12.3. The highest BCUT2D eigenvalue weighted by Gasteiger charge is 2.23. The molecule has 3 N–H and O–H groups in total. The van der Waals surface area contributed by atoms with Crippen LogP contribution in [0.2, 0.25) is 0 Å². The molecule has 150 valence electrons. The summed E-state index contributed by atoms with van der Waals surface area (Å²) in [4.78, 5) is 25.0. The average molecular weight is 404 g/mol. The number of carbonyl (C=O) groups is 2. The van der Waals surface area contributed by atoms with Crippen molar-refractivity contribution in [1.82, 2.24) is 5.32 Å². The van der Waals surface area contributed by atoms with Gasteiger partial charge in [-0.2, -0.15) is 0 Å². The second-order valence-corrected chi connectivity index (χ2v) is 8.70. The Balaban J connectivity index is 2.14. The highest BCUT2D eigenvalue weighted by atomic mass is 32.2. The smallest absolute Gasteiger partial charge is 0.251 e. The van der Waals surface area contributed by atoms with E-state index in [1.54, 1.807) is 48.5 Å². The first-order valence-electron chi connectivity index (χ1n) is 8.87. The van der Waals surface area contributed by atoms with E-state index in [1.807, 2.05) is 19.9 Å². The summed E-state index contributed by atoms with van der Waals surface area (Å²) in [6.45, 7) is 3.87. The number of hydrogen-bond donors (Lipinski definition) is 3. The standard InChI is InChI=1S/C20H25N3O4S/c1-14(2)13-18(24)22-19(15-7-5-4-6-8-15)20(25)21-16-9-11-17(12-10-16)23-28(3,26)27/h4-12,14,19,23H,13H2,1-3H3,(H,21,25)(H,22,24). The minimum absolute atomic E-state index is 0.175. The molecule has 0 aliphatic rings. The Labute approximate surface area is 165 Å². The summed E-state index contributed by atoms with van der Waals surface area (Å²) in [7, 11) is -3.37. The fraction of sp³-hybridized carbons (Fsp3) is 0.300. The second-order valence-electron chi connectivity index (χ2n) is 6.95. The Morgan fingerprint density at radius 1 is 0.929 bits per heavy atom. The van der Waals surface area contributed by atoms with Crippen molar-refractivity contribution < 1.29 is 18.0 Å². The Hall–Kier alpha value is -2.87. The molecule has 0 spiro atoms. The van der Waals surface area contributed by atoms with Crippen molar-refractivity contribution in [2.24, 2.45) is 5.92 Å². The fourth-order valence-corrected chi connectivity index (χ4v) is 3.15. The lowest BCUT2D eigenvalue weighted by Crippen LogP contribution is -2.37. The number of hydrogen-bond acceptors (Lipinski definition) is 4. The molecular weight excluding hydrogens is 378 g/mol. The lowest BCUT2D eigenvalue weighted by Gasteiger charge is -2.19. The van der Waals surface area contributed by atoms with E-state index in [4.69, 9.17) is 0 Å². The van der Waals surface area contributed by atoms with E-state index < -0.39 is 16.1 Å². The lowest BCUT2D eigenvalue weighted by atomic mass is 10.0. The van der Waals surface area contributed by atoms with Gasteiger partial charge in [0.25, 0.3) is 5.91 Å². The van der Waals surface area contributed by atoms with Crippen molar-refractivity contribution in [3.8, 4) is 0 Å². The number of benzene rings is 2. The first-order valence-corrected chi connectivity index (χ1v) is 10.8. The van der Waals surface area contributed by atoms with Gasteiger partial charge >= 0.3 is 0 Å². The predicted octanol–water partition coefficient (Wildman–Crippen LogP) is 2.90. The largest absolute Gasteiger partial charge is 0.341 e. The van der Waals surface area contributed by atoms with Gasteiger partial charge in [0.2, 0.25) is 15.9 Å². The lowest BCUT2D eigenvalue weighted by molar-refractivity contribution is -0.127. The van der Waals surface area contributed by atoms with Crippen LogP contribution < -0.4 is 15.4 Å². The molecular formula is C20H25N3O4S. The third-order valence-corrected chi connectivity index (χ3v) is 4.36. The van der Waals surface area contributed by atoms with E-state index in [0.717, 1.165) is 6.26 Å². The van der Waals surface area contributed by atoms with Crippen molar-refractivity contribution >= 4 is 33.2 Å². The minimum atomic E-state index is -3.37. The van der Waals surface area contributed by atoms with Gasteiger partial charge in [-0.25, -0.2) is 8.42 Å². The molecule has 0 bridgehead atoms. The van der Waals surface area contributed by atoms with Crippen LogP contribution >= 0.6 is 0 Å². The van der Waals surface area contributed by atoms with E-state index in [9.17, 15) is 18.0 Å². The van der Waals surface area contributed by atoms with Gasteiger partial charge in [0.1, 0.15) is 6.04 Å². The van der Waals surface area contributed by atoms with Crippen LogP contribution in [0.15, 0.2) is 54.6 Å². The zero-order valence-electron chi connectivity index (χ0n) is 16.1. The van der Waals surface area contributed by atoms with E-state index in [-0.39, 0.29) is 17.7 Å². The van der Waals surface area contributed by atoms with Gasteiger partial charge in [0, 0.05) is 17.8 Å². The molecule has 0 heterocycles. The fourth-order valence-electron chi connectivity index (χ4n) is 2.59. The summed E-state index contributed by atoms with van der Waals surface area (Å²) in [5, 5.41) is 5.54. The summed E-state index contributed by atoms with van der Waals surface area (Å²) in [5.74, 6) is -0.409. The first kappa shape index (κ1) is 21.4. The third kappa shape index (κ3) is 7.03. The van der Waals surface area contributed by atoms with Gasteiger partial charge in [-0.1, -0.05) is 44.2 Å². The second kappa shape index (κ2) is 9.36. The highest BCUT2D eigenvalue weighted by Crippen LogP contribution is 2.19. The maximum atomic E-state index is 12.8. The molecule has 2 aromatic rings. The number of nitrogens with one attached hydrogen (secondary N) is 3. The summed E-state index contributed by atoms with van der Waals surface area (Å²) in [6.07, 6.45) is 1.38. The molecule has 2 aromatic carbocycles. The molecule has 8 heteroatoms. The number of rotatable bonds is 8. The maximum absolute atomic E-state index is 12.8. The van der Waals surface area contributed by atoms with Gasteiger partial charge in [0.05, 0.1) is 6.26 Å². The Morgan fingerprint density at radius 2 is 1.50 bits per heavy atom. The Bertz CT molecular complexity index is 910. The van der Waals surface area contributed by atoms with Crippen molar-refractivity contribution in [2.45, 2.75) is 26.3 Å². The molecule has 0 radical (unpaired) electrons. The van der Waals surface area contributed by atoms with Crippen LogP contribution in [0.1, 0.15) is 31.9 Å². The van der Waals surface area contributed by atoms with Gasteiger partial charge < -0.3 is 10.6 Å². The topological polar surface area (TPSA) is 104 Å². The number of amides is 2. The van der Waals surface area contributed by atoms with Gasteiger partial charge in [0.15, 0.2) is 0 Å². The molecule has 0 saturated carbocycles. The van der Waals surface area contributed by atoms with Crippen molar-refractivity contribution in [2.75, 3.05) is 16.3 Å². The van der Waals surface area contributed by atoms with Crippen LogP contribution in [-0.4, -0.2) is 26.5 Å². The van der Waals surface area contributed by atoms with E-state index in [0.29, 0.717) is 23.4 Å². The number of anilines is 2. The first-order chi connectivity index (χ1) is 13.1. The molecule has 7 nitrogen and oxygen atoms in total. The van der Waals surface area contributed by atoms with Crippen LogP contribution in [0.3, 0.4) is 0 Å². The minimum Gasteiger partial charge on any atom is -0.341 e. The quantitative estimate of drug-likeness (QED) is 0.630. The summed E-state index contributed by atoms with van der Waals surface area (Å²) >= 11 is 0. The van der Waals surface area contributed by atoms with E-state index in [2.05, 4.69) is 15.4 Å². The van der Waals surface area contributed by atoms with Gasteiger partial charge in [-0.3, -0.25) is 14.3 Å². The molecule has 0 saturated heterocycles. The molecule has 2 rings (SSSR count). The molecule has 2 amide bonds. The Morgan fingerprint density at radius 3 is 2.04 bits per heavy atom. The van der Waals surface area contributed by atoms with Crippen LogP contribution in [0.25, 0.3) is 0 Å². The summed E-state index contributed by atoms with van der Waals surface area (Å²) < 4.78 is 24.9. The monoisotopic (exact) mass is 403 g/mol. The molecule has 0 aromatic heterocycles. The Kier molecular flexibility index (Phi) is 7.17. The number of sulfonamides is 1. The van der Waals surface area contributed by atoms with Gasteiger partial charge in [-0.15, -0.1) is 0 Å². The van der Waals surface area contributed by atoms with Crippen molar-refractivity contribution in [3.63, 3.8) is 0 Å². The average Bonchev–Trinajstić information content (AvgIpc) is 2.60. The van der Waals surface area contributed by atoms with Crippen LogP contribution in [0.5, 0.6) is 0 Å². The molecule has 0 fully saturated rings. The third-order valence-electron chi connectivity index (χ3n) is 3.75. The van der Waals surface area contributed by atoms with Crippen molar-refractivity contribution in [3.05, 3.63) is 60.2 Å². The zero-order chi connectivity index (χ0) is 20.7. The summed E-state index contributed by atoms with van der Waals surface area (Å²) in [5.41, 5.74) is 1.56. The van der Waals surface area contributed by atoms with E-state index in [1.165, 1.54) is 0 Å². The van der Waals surface area contributed by atoms with Crippen molar-refractivity contribution in [1.29, 1.82) is 0 Å². The SMILES string of the molecule is CC(C)CC(=O)NC(C(=O)Nc1ccc(NS(C)(=O)=O)cc1)c1ccccc1. The molecule has 1 atom stereocenters. The number of carbonyl (C=O) groups excluding carboxylic acids is 2. The van der Waals surface area contributed by atoms with Crippen LogP contribution in [0, 0.1) is 5.92 Å². The van der Waals surface area contributed by atoms with Crippen LogP contribution in [-0.2, 0) is 19.6 Å². The maximum Gasteiger partial charge on any atom is 0.251 e. The molecule has 0 aliphatic carbocycles. The predicted molar refractivity (Wildman–Crippen MR) is 110 cm³/mol. The molecule has 0 aliphatic heterocycles. The van der Waals surface area contributed by atoms with E-state index >= 15 is 0 Å². The summed E-state index contributed by atoms with van der Waals surface area (Å²) in [6, 6.07) is 14.4. The van der Waals surface area contributed by atoms with Gasteiger partial charge in [-0.05, 0) is 35.7 Å². The molecule has 28 heavy (non-hydrogen) atoms. The highest BCUT2D eigenvalue weighted by molar-refractivity contribution is 7.92. The molecule has 1 unspecified atom stereocenters.